The van der Waals surface area contributed by atoms with Crippen molar-refractivity contribution in [1.82, 2.24) is 10.8 Å². The molecular formula is C27H32N2O6. The summed E-state index contributed by atoms with van der Waals surface area (Å²) in [6, 6.07) is 16.2. The third kappa shape index (κ3) is 5.03. The fourth-order valence-electron chi connectivity index (χ4n) is 5.50. The zero-order chi connectivity index (χ0) is 25.2. The Kier molecular flexibility index (Phi) is 7.12. The molecule has 4 rings (SSSR count). The van der Waals surface area contributed by atoms with Crippen molar-refractivity contribution in [2.24, 2.45) is 17.3 Å². The van der Waals surface area contributed by atoms with Gasteiger partial charge in [-0.15, -0.1) is 0 Å². The van der Waals surface area contributed by atoms with Crippen LogP contribution in [0.2, 0.25) is 0 Å². The van der Waals surface area contributed by atoms with Gasteiger partial charge in [0.2, 0.25) is 5.91 Å². The van der Waals surface area contributed by atoms with Crippen LogP contribution in [0.4, 0.5) is 4.79 Å². The van der Waals surface area contributed by atoms with Crippen molar-refractivity contribution in [2.45, 2.75) is 45.6 Å². The molecule has 8 heteroatoms. The van der Waals surface area contributed by atoms with E-state index in [9.17, 15) is 14.4 Å². The number of carboxylic acids is 1. The normalized spacial score (nSPS) is 22.5. The van der Waals surface area contributed by atoms with Crippen LogP contribution < -0.4 is 10.8 Å². The van der Waals surface area contributed by atoms with E-state index in [2.05, 4.69) is 35.1 Å². The van der Waals surface area contributed by atoms with Crippen molar-refractivity contribution in [3.63, 3.8) is 0 Å². The lowest BCUT2D eigenvalue weighted by Gasteiger charge is -2.46. The molecule has 0 aliphatic heterocycles. The Morgan fingerprint density at radius 1 is 1.00 bits per heavy atom. The number of ether oxygens (including phenoxy) is 1. The van der Waals surface area contributed by atoms with Gasteiger partial charge >= 0.3 is 12.1 Å². The largest absolute Gasteiger partial charge is 0.479 e. The number of alkyl carbamates (subject to hydrolysis) is 1. The lowest BCUT2D eigenvalue weighted by Crippen LogP contribution is -2.54. The second kappa shape index (κ2) is 10.1. The number of rotatable bonds is 7. The average molecular weight is 481 g/mol. The van der Waals surface area contributed by atoms with Gasteiger partial charge in [-0.3, -0.25) is 9.63 Å². The SMILES string of the molecule is CC1C(NC(=O)OCC2c3ccccc3-c3ccccc32)CCC(C(=O)NOCC(=O)O)C1(C)C. The summed E-state index contributed by atoms with van der Waals surface area (Å²) >= 11 is 0. The number of nitrogens with one attached hydrogen (secondary N) is 2. The van der Waals surface area contributed by atoms with E-state index in [0.717, 1.165) is 11.1 Å². The number of aliphatic carboxylic acids is 1. The minimum atomic E-state index is -1.16. The minimum absolute atomic E-state index is 0.00718. The van der Waals surface area contributed by atoms with Gasteiger partial charge in [-0.25, -0.2) is 15.1 Å². The number of benzene rings is 2. The molecule has 3 unspecified atom stereocenters. The van der Waals surface area contributed by atoms with Gasteiger partial charge in [0.15, 0.2) is 6.61 Å². The predicted octanol–water partition coefficient (Wildman–Crippen LogP) is 4.10. The highest BCUT2D eigenvalue weighted by molar-refractivity contribution is 5.80. The molecule has 0 heterocycles. The minimum Gasteiger partial charge on any atom is -0.479 e. The first-order valence-corrected chi connectivity index (χ1v) is 11.9. The summed E-state index contributed by atoms with van der Waals surface area (Å²) in [7, 11) is 0. The van der Waals surface area contributed by atoms with Crippen LogP contribution in [0.25, 0.3) is 11.1 Å². The van der Waals surface area contributed by atoms with Crippen LogP contribution in [0.5, 0.6) is 0 Å². The summed E-state index contributed by atoms with van der Waals surface area (Å²) < 4.78 is 5.70. The van der Waals surface area contributed by atoms with Crippen molar-refractivity contribution >= 4 is 18.0 Å². The highest BCUT2D eigenvalue weighted by atomic mass is 16.7. The molecule has 3 atom stereocenters. The second-order valence-electron chi connectivity index (χ2n) is 9.97. The van der Waals surface area contributed by atoms with Crippen molar-refractivity contribution in [3.8, 4) is 11.1 Å². The zero-order valence-corrected chi connectivity index (χ0v) is 20.2. The maximum absolute atomic E-state index is 12.8. The van der Waals surface area contributed by atoms with E-state index in [1.165, 1.54) is 11.1 Å². The van der Waals surface area contributed by atoms with E-state index in [-0.39, 0.29) is 36.3 Å². The predicted molar refractivity (Wildman–Crippen MR) is 129 cm³/mol. The topological polar surface area (TPSA) is 114 Å². The molecular weight excluding hydrogens is 448 g/mol. The molecule has 1 fully saturated rings. The van der Waals surface area contributed by atoms with Crippen LogP contribution in [0.15, 0.2) is 48.5 Å². The number of carbonyl (C=O) groups is 3. The first kappa shape index (κ1) is 24.7. The molecule has 0 bridgehead atoms. The molecule has 8 nitrogen and oxygen atoms in total. The summed E-state index contributed by atoms with van der Waals surface area (Å²) in [5.41, 5.74) is 6.48. The molecule has 0 saturated heterocycles. The average Bonchev–Trinajstić information content (AvgIpc) is 3.14. The van der Waals surface area contributed by atoms with Crippen LogP contribution in [-0.4, -0.2) is 42.3 Å². The molecule has 2 aromatic carbocycles. The van der Waals surface area contributed by atoms with Gasteiger partial charge in [-0.1, -0.05) is 69.3 Å². The van der Waals surface area contributed by atoms with E-state index in [0.29, 0.717) is 12.8 Å². The van der Waals surface area contributed by atoms with Gasteiger partial charge in [0.05, 0.1) is 0 Å². The van der Waals surface area contributed by atoms with Gasteiger partial charge in [0.1, 0.15) is 6.61 Å². The van der Waals surface area contributed by atoms with Gasteiger partial charge in [-0.2, -0.15) is 0 Å². The van der Waals surface area contributed by atoms with Gasteiger partial charge in [0, 0.05) is 17.9 Å². The molecule has 2 aliphatic rings. The molecule has 186 valence electrons. The Morgan fingerprint density at radius 2 is 1.60 bits per heavy atom. The fourth-order valence-corrected chi connectivity index (χ4v) is 5.50. The van der Waals surface area contributed by atoms with E-state index in [4.69, 9.17) is 14.7 Å². The monoisotopic (exact) mass is 480 g/mol. The molecule has 2 aliphatic carbocycles. The summed E-state index contributed by atoms with van der Waals surface area (Å²) in [4.78, 5) is 40.7. The number of fused-ring (bicyclic) bond motifs is 3. The van der Waals surface area contributed by atoms with Gasteiger partial charge in [-0.05, 0) is 46.4 Å². The summed E-state index contributed by atoms with van der Waals surface area (Å²) in [6.07, 6.45) is 0.673. The Morgan fingerprint density at radius 3 is 2.20 bits per heavy atom. The lowest BCUT2D eigenvalue weighted by atomic mass is 9.60. The van der Waals surface area contributed by atoms with E-state index in [1.807, 2.05) is 45.0 Å². The van der Waals surface area contributed by atoms with Crippen molar-refractivity contribution in [3.05, 3.63) is 59.7 Å². The molecule has 0 aromatic heterocycles. The maximum Gasteiger partial charge on any atom is 0.407 e. The fraction of sp³-hybridized carbons (Fsp3) is 0.444. The highest BCUT2D eigenvalue weighted by Gasteiger charge is 2.46. The summed E-state index contributed by atoms with van der Waals surface area (Å²) in [5, 5.41) is 11.7. The summed E-state index contributed by atoms with van der Waals surface area (Å²) in [5.74, 6) is -1.90. The number of amides is 2. The number of carboxylic acid groups (broad SMARTS) is 1. The molecule has 2 amide bonds. The van der Waals surface area contributed by atoms with E-state index < -0.39 is 24.1 Å². The third-order valence-corrected chi connectivity index (χ3v) is 7.77. The Hall–Kier alpha value is -3.39. The van der Waals surface area contributed by atoms with E-state index in [1.54, 1.807) is 0 Å². The second-order valence-corrected chi connectivity index (χ2v) is 9.97. The molecule has 0 radical (unpaired) electrons. The summed E-state index contributed by atoms with van der Waals surface area (Å²) in [6.45, 7) is 5.61. The van der Waals surface area contributed by atoms with Crippen LogP contribution >= 0.6 is 0 Å². The first-order valence-electron chi connectivity index (χ1n) is 11.9. The van der Waals surface area contributed by atoms with Crippen LogP contribution in [-0.2, 0) is 19.2 Å². The number of hydrogen-bond acceptors (Lipinski definition) is 5. The standard InChI is InChI=1S/C27H32N2O6/c1-16-23(13-12-22(27(16,2)3)25(32)29-35-15-24(30)31)28-26(33)34-14-21-19-10-6-4-8-17(19)18-9-5-7-11-20(18)21/h4-11,16,21-23H,12-15H2,1-3H3,(H,28,33)(H,29,32)(H,30,31). The van der Waals surface area contributed by atoms with Crippen LogP contribution in [0.3, 0.4) is 0 Å². The first-order chi connectivity index (χ1) is 16.7. The number of carbonyl (C=O) groups excluding carboxylic acids is 2. The lowest BCUT2D eigenvalue weighted by molar-refractivity contribution is -0.154. The van der Waals surface area contributed by atoms with Gasteiger partial charge < -0.3 is 15.2 Å². The molecule has 3 N–H and O–H groups in total. The van der Waals surface area contributed by atoms with Gasteiger partial charge in [0.25, 0.3) is 0 Å². The van der Waals surface area contributed by atoms with Crippen LogP contribution in [0.1, 0.15) is 50.7 Å². The molecule has 35 heavy (non-hydrogen) atoms. The third-order valence-electron chi connectivity index (χ3n) is 7.77. The van der Waals surface area contributed by atoms with Crippen molar-refractivity contribution < 1.29 is 29.1 Å². The smallest absolute Gasteiger partial charge is 0.407 e. The number of hydroxylamine groups is 1. The Bertz CT molecular complexity index is 1070. The maximum atomic E-state index is 12.8. The molecule has 0 spiro atoms. The quantitative estimate of drug-likeness (QED) is 0.514. The van der Waals surface area contributed by atoms with E-state index >= 15 is 0 Å². The molecule has 2 aromatic rings. The molecule has 1 saturated carbocycles. The number of hydrogen-bond donors (Lipinski definition) is 3. The van der Waals surface area contributed by atoms with Crippen molar-refractivity contribution in [1.29, 1.82) is 0 Å². The zero-order valence-electron chi connectivity index (χ0n) is 20.2. The van der Waals surface area contributed by atoms with Crippen molar-refractivity contribution in [2.75, 3.05) is 13.2 Å². The highest BCUT2D eigenvalue weighted by Crippen LogP contribution is 2.46. The Balaban J connectivity index is 1.35. The Labute approximate surface area is 205 Å². The van der Waals surface area contributed by atoms with Crippen LogP contribution in [0, 0.1) is 17.3 Å².